The first-order chi connectivity index (χ1) is 5.91. The van der Waals surface area contributed by atoms with E-state index in [1.54, 1.807) is 0 Å². The van der Waals surface area contributed by atoms with Crippen molar-refractivity contribution in [1.29, 1.82) is 0 Å². The van der Waals surface area contributed by atoms with Crippen molar-refractivity contribution in [3.63, 3.8) is 0 Å². The Morgan fingerprint density at radius 2 is 1.53 bits per heavy atom. The van der Waals surface area contributed by atoms with Gasteiger partial charge in [-0.05, 0) is 0 Å². The fourth-order valence-electron chi connectivity index (χ4n) is 0.609. The standard InChI is InChI=1S/C6H10O7.Na.H2O/c7-1-2(8)3(9)4(10)5(11)6(12)13;;/h1-5,8-11H,(H,12,13);;1H2/q;+1;/p-1/t2-,3-,4+,5-;;/m1../s1. The molecule has 0 spiro atoms. The summed E-state index contributed by atoms with van der Waals surface area (Å²) in [7, 11) is 0. The van der Waals surface area contributed by atoms with Crippen LogP contribution in [0.15, 0.2) is 0 Å². The molecule has 0 aliphatic carbocycles. The summed E-state index contributed by atoms with van der Waals surface area (Å²) in [6.07, 6.45) is -8.65. The number of hydrogen-bond donors (Lipinski definition) is 4. The van der Waals surface area contributed by atoms with Crippen LogP contribution in [-0.4, -0.2) is 62.6 Å². The molecule has 0 saturated carbocycles. The van der Waals surface area contributed by atoms with Crippen molar-refractivity contribution in [2.24, 2.45) is 0 Å². The van der Waals surface area contributed by atoms with E-state index in [0.29, 0.717) is 0 Å². The van der Waals surface area contributed by atoms with Gasteiger partial charge in [0.05, 0.1) is 5.97 Å². The van der Waals surface area contributed by atoms with E-state index in [4.69, 9.17) is 20.4 Å². The zero-order valence-electron chi connectivity index (χ0n) is 7.90. The van der Waals surface area contributed by atoms with Crippen LogP contribution in [0.1, 0.15) is 0 Å². The van der Waals surface area contributed by atoms with E-state index in [-0.39, 0.29) is 41.3 Å². The fourth-order valence-corrected chi connectivity index (χ4v) is 0.609. The molecule has 0 bridgehead atoms. The molecule has 0 unspecified atom stereocenters. The second kappa shape index (κ2) is 9.19. The number of carbonyl (C=O) groups excluding carboxylic acids is 2. The van der Waals surface area contributed by atoms with E-state index in [1.807, 2.05) is 0 Å². The Labute approximate surface area is 107 Å². The molecule has 0 aromatic heterocycles. The van der Waals surface area contributed by atoms with Crippen molar-refractivity contribution < 1.29 is 70.2 Å². The fraction of sp³-hybridized carbons (Fsp3) is 0.667. The molecule has 0 amide bonds. The predicted octanol–water partition coefficient (Wildman–Crippen LogP) is -8.44. The number of aliphatic hydroxyl groups excluding tert-OH is 4. The van der Waals surface area contributed by atoms with Crippen molar-refractivity contribution in [2.75, 3.05) is 0 Å². The number of aliphatic carboxylic acids is 1. The summed E-state index contributed by atoms with van der Waals surface area (Å²) in [6, 6.07) is 0. The van der Waals surface area contributed by atoms with Gasteiger partial charge in [-0.2, -0.15) is 0 Å². The smallest absolute Gasteiger partial charge is 0.547 e. The van der Waals surface area contributed by atoms with Crippen molar-refractivity contribution in [2.45, 2.75) is 24.4 Å². The van der Waals surface area contributed by atoms with Crippen LogP contribution in [0.3, 0.4) is 0 Å². The Hall–Kier alpha value is -0.0600. The van der Waals surface area contributed by atoms with Gasteiger partial charge in [-0.3, -0.25) is 0 Å². The number of carboxylic acids is 1. The van der Waals surface area contributed by atoms with E-state index in [9.17, 15) is 14.7 Å². The Kier molecular flexibility index (Phi) is 12.5. The second-order valence-electron chi connectivity index (χ2n) is 2.37. The van der Waals surface area contributed by atoms with Crippen molar-refractivity contribution in [3.8, 4) is 0 Å². The van der Waals surface area contributed by atoms with Crippen LogP contribution in [0.5, 0.6) is 0 Å². The molecule has 0 rings (SSSR count). The molecule has 0 fully saturated rings. The molecule has 0 radical (unpaired) electrons. The molecule has 84 valence electrons. The van der Waals surface area contributed by atoms with Crippen LogP contribution >= 0.6 is 0 Å². The topological polar surface area (TPSA) is 170 Å². The Balaban J connectivity index is -0.000000720. The molecule has 9 heteroatoms. The van der Waals surface area contributed by atoms with Crippen molar-refractivity contribution in [1.82, 2.24) is 0 Å². The van der Waals surface area contributed by atoms with E-state index < -0.39 is 30.4 Å². The van der Waals surface area contributed by atoms with Gasteiger partial charge in [0, 0.05) is 0 Å². The average Bonchev–Trinajstić information content (AvgIpc) is 2.12. The van der Waals surface area contributed by atoms with Crippen LogP contribution in [0.25, 0.3) is 0 Å². The maximum Gasteiger partial charge on any atom is 1.00 e. The zero-order chi connectivity index (χ0) is 10.6. The average molecular weight is 234 g/mol. The molecule has 6 N–H and O–H groups in total. The van der Waals surface area contributed by atoms with E-state index in [2.05, 4.69) is 0 Å². The minimum absolute atomic E-state index is 0. The van der Waals surface area contributed by atoms with E-state index >= 15 is 0 Å². The summed E-state index contributed by atoms with van der Waals surface area (Å²) < 4.78 is 0. The maximum atomic E-state index is 9.95. The largest absolute Gasteiger partial charge is 1.00 e. The van der Waals surface area contributed by atoms with Crippen LogP contribution in [-0.2, 0) is 9.59 Å². The normalized spacial score (nSPS) is 17.3. The molecule has 0 aliphatic rings. The predicted molar refractivity (Wildman–Crippen MR) is 38.7 cm³/mol. The molecule has 0 heterocycles. The van der Waals surface area contributed by atoms with Gasteiger partial charge in [-0.15, -0.1) is 0 Å². The molecule has 0 saturated heterocycles. The van der Waals surface area contributed by atoms with E-state index in [1.165, 1.54) is 0 Å². The molecule has 0 aromatic rings. The molecule has 8 nitrogen and oxygen atoms in total. The van der Waals surface area contributed by atoms with Crippen molar-refractivity contribution >= 4 is 12.3 Å². The van der Waals surface area contributed by atoms with Gasteiger partial charge < -0.3 is 40.6 Å². The summed E-state index contributed by atoms with van der Waals surface area (Å²) in [5, 5.41) is 44.8. The number of aldehydes is 1. The minimum Gasteiger partial charge on any atom is -0.547 e. The monoisotopic (exact) mass is 234 g/mol. The Bertz CT molecular complexity index is 198. The van der Waals surface area contributed by atoms with Gasteiger partial charge in [0.25, 0.3) is 0 Å². The van der Waals surface area contributed by atoms with Gasteiger partial charge in [0.1, 0.15) is 24.4 Å². The van der Waals surface area contributed by atoms with Crippen LogP contribution in [0, 0.1) is 0 Å². The Morgan fingerprint density at radius 3 is 1.80 bits per heavy atom. The molecule has 0 aromatic carbocycles. The molecular weight excluding hydrogens is 223 g/mol. The van der Waals surface area contributed by atoms with Gasteiger partial charge in [-0.1, -0.05) is 0 Å². The second-order valence-corrected chi connectivity index (χ2v) is 2.37. The Morgan fingerprint density at radius 1 is 1.13 bits per heavy atom. The third kappa shape index (κ3) is 6.17. The third-order valence-corrected chi connectivity index (χ3v) is 1.40. The summed E-state index contributed by atoms with van der Waals surface area (Å²) in [5.41, 5.74) is 0. The zero-order valence-corrected chi connectivity index (χ0v) is 9.90. The molecule has 0 aliphatic heterocycles. The minimum atomic E-state index is -2.36. The number of aliphatic hydroxyl groups is 4. The van der Waals surface area contributed by atoms with Crippen LogP contribution in [0.2, 0.25) is 0 Å². The first-order valence-electron chi connectivity index (χ1n) is 3.30. The molecule has 15 heavy (non-hydrogen) atoms. The first-order valence-corrected chi connectivity index (χ1v) is 3.30. The summed E-state index contributed by atoms with van der Waals surface area (Å²) in [5.74, 6) is -2.01. The number of hydrogen-bond acceptors (Lipinski definition) is 7. The van der Waals surface area contributed by atoms with Gasteiger partial charge >= 0.3 is 29.6 Å². The summed E-state index contributed by atoms with van der Waals surface area (Å²) >= 11 is 0. The molecule has 4 atom stereocenters. The summed E-state index contributed by atoms with van der Waals surface area (Å²) in [6.45, 7) is 0. The molecular formula is C6H11NaO8. The number of carbonyl (C=O) groups is 2. The van der Waals surface area contributed by atoms with Gasteiger partial charge in [0.2, 0.25) is 0 Å². The van der Waals surface area contributed by atoms with Gasteiger partial charge in [-0.25, -0.2) is 0 Å². The SMILES string of the molecule is O.O=C[C@@H](O)[C@@H](O)[C@H](O)[C@@H](O)C(=O)[O-].[Na+]. The first kappa shape index (κ1) is 20.4. The van der Waals surface area contributed by atoms with Crippen LogP contribution in [0.4, 0.5) is 0 Å². The third-order valence-electron chi connectivity index (χ3n) is 1.40. The van der Waals surface area contributed by atoms with Crippen LogP contribution < -0.4 is 34.7 Å². The summed E-state index contributed by atoms with van der Waals surface area (Å²) in [4.78, 5) is 19.8. The quantitative estimate of drug-likeness (QED) is 0.270. The maximum absolute atomic E-state index is 9.95. The van der Waals surface area contributed by atoms with E-state index in [0.717, 1.165) is 0 Å². The number of carboxylic acid groups (broad SMARTS) is 1. The van der Waals surface area contributed by atoms with Gasteiger partial charge in [0.15, 0.2) is 6.29 Å². The number of rotatable bonds is 5. The van der Waals surface area contributed by atoms with Crippen molar-refractivity contribution in [3.05, 3.63) is 0 Å².